The number of hydrogen-bond acceptors (Lipinski definition) is 8. The molecule has 0 amide bonds. The average Bonchev–Trinajstić information content (AvgIpc) is 3.02. The number of methoxy groups -OCH3 is 2. The molecule has 0 aliphatic carbocycles. The van der Waals surface area contributed by atoms with Crippen LogP contribution in [0.3, 0.4) is 0 Å². The van der Waals surface area contributed by atoms with Crippen molar-refractivity contribution in [3.8, 4) is 34.7 Å². The summed E-state index contributed by atoms with van der Waals surface area (Å²) < 4.78 is 16.1. The zero-order valence-electron chi connectivity index (χ0n) is 13.2. The third-order valence-corrected chi connectivity index (χ3v) is 3.48. The molecule has 122 valence electrons. The molecule has 8 heteroatoms. The van der Waals surface area contributed by atoms with Gasteiger partial charge in [-0.05, 0) is 19.1 Å². The first kappa shape index (κ1) is 15.4. The molecule has 0 spiro atoms. The summed E-state index contributed by atoms with van der Waals surface area (Å²) in [4.78, 5) is 8.37. The molecule has 0 bridgehead atoms. The number of aryl methyl sites for hydroxylation is 1. The molecule has 3 aromatic rings. The predicted molar refractivity (Wildman–Crippen MR) is 86.0 cm³/mol. The first-order chi connectivity index (χ1) is 11.6. The molecule has 2 aromatic heterocycles. The summed E-state index contributed by atoms with van der Waals surface area (Å²) in [7, 11) is 2.92. The van der Waals surface area contributed by atoms with E-state index < -0.39 is 0 Å². The maximum atomic E-state index is 10.7. The molecular weight excluding hydrogens is 312 g/mol. The molecule has 0 radical (unpaired) electrons. The van der Waals surface area contributed by atoms with Crippen molar-refractivity contribution in [1.29, 1.82) is 5.26 Å². The van der Waals surface area contributed by atoms with Gasteiger partial charge in [-0.25, -0.2) is 9.97 Å². The van der Waals surface area contributed by atoms with Crippen molar-refractivity contribution >= 4 is 16.9 Å². The van der Waals surface area contributed by atoms with E-state index in [1.54, 1.807) is 25.2 Å². The first-order valence-electron chi connectivity index (χ1n) is 6.96. The summed E-state index contributed by atoms with van der Waals surface area (Å²) in [5.41, 5.74) is 1.70. The van der Waals surface area contributed by atoms with Gasteiger partial charge < -0.3 is 19.0 Å². The molecule has 0 aliphatic rings. The number of furan rings is 1. The Morgan fingerprint density at radius 1 is 1.25 bits per heavy atom. The summed E-state index contributed by atoms with van der Waals surface area (Å²) in [5, 5.41) is 22.5. The predicted octanol–water partition coefficient (Wildman–Crippen LogP) is 2.81. The Morgan fingerprint density at radius 3 is 2.67 bits per heavy atom. The normalized spacial score (nSPS) is 10.4. The highest BCUT2D eigenvalue weighted by Gasteiger charge is 2.25. The third-order valence-electron chi connectivity index (χ3n) is 3.48. The van der Waals surface area contributed by atoms with Crippen LogP contribution in [0.5, 0.6) is 17.2 Å². The molecule has 0 atom stereocenters. The second-order valence-corrected chi connectivity index (χ2v) is 4.91. The molecule has 0 unspecified atom stereocenters. The SMILES string of the molecule is COc1c(-c2cc(C)nc(NC#N)n2)c(O)c(OC)c2occc12. The fourth-order valence-corrected chi connectivity index (χ4v) is 2.57. The Bertz CT molecular complexity index is 959. The van der Waals surface area contributed by atoms with Crippen LogP contribution in [-0.4, -0.2) is 29.3 Å². The van der Waals surface area contributed by atoms with Gasteiger partial charge in [-0.15, -0.1) is 0 Å². The largest absolute Gasteiger partial charge is 0.504 e. The van der Waals surface area contributed by atoms with Crippen LogP contribution in [0.4, 0.5) is 5.95 Å². The molecule has 2 heterocycles. The Labute approximate surface area is 137 Å². The number of hydrogen-bond donors (Lipinski definition) is 2. The van der Waals surface area contributed by atoms with Gasteiger partial charge in [-0.3, -0.25) is 5.32 Å². The van der Waals surface area contributed by atoms with Crippen molar-refractivity contribution in [2.24, 2.45) is 0 Å². The van der Waals surface area contributed by atoms with Crippen LogP contribution in [0, 0.1) is 18.4 Å². The van der Waals surface area contributed by atoms with Crippen LogP contribution in [0.15, 0.2) is 22.8 Å². The van der Waals surface area contributed by atoms with Crippen molar-refractivity contribution in [2.75, 3.05) is 19.5 Å². The number of nitrogens with one attached hydrogen (secondary N) is 1. The van der Waals surface area contributed by atoms with E-state index in [2.05, 4.69) is 15.3 Å². The van der Waals surface area contributed by atoms with Gasteiger partial charge in [0, 0.05) is 5.69 Å². The summed E-state index contributed by atoms with van der Waals surface area (Å²) in [5.74, 6) is 0.521. The fourth-order valence-electron chi connectivity index (χ4n) is 2.57. The minimum Gasteiger partial charge on any atom is -0.504 e. The molecule has 3 rings (SSSR count). The molecule has 24 heavy (non-hydrogen) atoms. The molecule has 0 saturated heterocycles. The highest BCUT2D eigenvalue weighted by molar-refractivity contribution is 5.99. The maximum absolute atomic E-state index is 10.7. The Balaban J connectivity index is 2.37. The Kier molecular flexibility index (Phi) is 3.83. The van der Waals surface area contributed by atoms with Crippen LogP contribution < -0.4 is 14.8 Å². The number of phenols is 1. The zero-order chi connectivity index (χ0) is 17.3. The van der Waals surface area contributed by atoms with E-state index in [-0.39, 0.29) is 17.4 Å². The van der Waals surface area contributed by atoms with Gasteiger partial charge in [0.05, 0.1) is 37.1 Å². The topological polar surface area (TPSA) is 113 Å². The van der Waals surface area contributed by atoms with Crippen LogP contribution in [0.25, 0.3) is 22.2 Å². The molecule has 0 fully saturated rings. The quantitative estimate of drug-likeness (QED) is 0.556. The van der Waals surface area contributed by atoms with Crippen LogP contribution in [-0.2, 0) is 0 Å². The second kappa shape index (κ2) is 5.96. The molecular formula is C16H14N4O4. The molecule has 0 saturated carbocycles. The van der Waals surface area contributed by atoms with Gasteiger partial charge in [0.1, 0.15) is 5.75 Å². The van der Waals surface area contributed by atoms with Gasteiger partial charge in [-0.1, -0.05) is 0 Å². The minimum atomic E-state index is -0.169. The van der Waals surface area contributed by atoms with E-state index in [9.17, 15) is 5.11 Å². The Morgan fingerprint density at radius 2 is 2.00 bits per heavy atom. The Hall–Kier alpha value is -3.47. The van der Waals surface area contributed by atoms with Gasteiger partial charge in [0.25, 0.3) is 0 Å². The number of aromatic nitrogens is 2. The summed E-state index contributed by atoms with van der Waals surface area (Å²) in [6.45, 7) is 1.75. The number of benzene rings is 1. The average molecular weight is 326 g/mol. The summed E-state index contributed by atoms with van der Waals surface area (Å²) in [6.07, 6.45) is 3.25. The van der Waals surface area contributed by atoms with E-state index in [4.69, 9.17) is 19.2 Å². The number of nitrogens with zero attached hydrogens (tertiary/aromatic N) is 3. The van der Waals surface area contributed by atoms with E-state index in [0.717, 1.165) is 0 Å². The zero-order valence-corrected chi connectivity index (χ0v) is 13.2. The lowest BCUT2D eigenvalue weighted by atomic mass is 10.0. The number of fused-ring (bicyclic) bond motifs is 1. The van der Waals surface area contributed by atoms with Crippen molar-refractivity contribution in [2.45, 2.75) is 6.92 Å². The highest BCUT2D eigenvalue weighted by atomic mass is 16.5. The lowest BCUT2D eigenvalue weighted by molar-refractivity contribution is 0.367. The molecule has 1 aromatic carbocycles. The van der Waals surface area contributed by atoms with Gasteiger partial charge in [-0.2, -0.15) is 5.26 Å². The van der Waals surface area contributed by atoms with E-state index in [1.807, 2.05) is 0 Å². The molecule has 8 nitrogen and oxygen atoms in total. The van der Waals surface area contributed by atoms with Gasteiger partial charge in [0.15, 0.2) is 17.5 Å². The first-order valence-corrected chi connectivity index (χ1v) is 6.96. The number of nitriles is 1. The van der Waals surface area contributed by atoms with E-state index in [0.29, 0.717) is 33.7 Å². The third kappa shape index (κ3) is 2.32. The van der Waals surface area contributed by atoms with Crippen LogP contribution in [0.1, 0.15) is 5.69 Å². The minimum absolute atomic E-state index is 0.125. The van der Waals surface area contributed by atoms with Crippen LogP contribution in [0.2, 0.25) is 0 Å². The summed E-state index contributed by atoms with van der Waals surface area (Å²) >= 11 is 0. The summed E-state index contributed by atoms with van der Waals surface area (Å²) in [6, 6.07) is 3.38. The lowest BCUT2D eigenvalue weighted by Crippen LogP contribution is -2.01. The lowest BCUT2D eigenvalue weighted by Gasteiger charge is -2.15. The number of anilines is 1. The van der Waals surface area contributed by atoms with Crippen LogP contribution >= 0.6 is 0 Å². The van der Waals surface area contributed by atoms with Gasteiger partial charge >= 0.3 is 0 Å². The number of ether oxygens (including phenoxy) is 2. The molecule has 2 N–H and O–H groups in total. The van der Waals surface area contributed by atoms with E-state index in [1.165, 1.54) is 20.5 Å². The van der Waals surface area contributed by atoms with Crippen molar-refractivity contribution in [3.05, 3.63) is 24.1 Å². The number of rotatable bonds is 4. The monoisotopic (exact) mass is 326 g/mol. The van der Waals surface area contributed by atoms with Crippen molar-refractivity contribution < 1.29 is 19.0 Å². The van der Waals surface area contributed by atoms with Crippen molar-refractivity contribution in [1.82, 2.24) is 9.97 Å². The molecule has 0 aliphatic heterocycles. The number of phenolic OH excluding ortho intramolecular Hbond substituents is 1. The fraction of sp³-hybridized carbons (Fsp3) is 0.188. The van der Waals surface area contributed by atoms with Crippen molar-refractivity contribution in [3.63, 3.8) is 0 Å². The second-order valence-electron chi connectivity index (χ2n) is 4.91. The number of aromatic hydroxyl groups is 1. The highest BCUT2D eigenvalue weighted by Crippen LogP contribution is 2.50. The maximum Gasteiger partial charge on any atom is 0.236 e. The smallest absolute Gasteiger partial charge is 0.236 e. The van der Waals surface area contributed by atoms with E-state index >= 15 is 0 Å². The standard InChI is InChI=1S/C16H14N4O4/c1-8-6-10(20-16(19-8)18-7-17)11-12(21)15(23-3)14-9(4-5-24-14)13(11)22-2/h4-6,21H,1-3H3,(H,18,19,20). The van der Waals surface area contributed by atoms with Gasteiger partial charge in [0.2, 0.25) is 11.7 Å².